The number of rotatable bonds is 10. The van der Waals surface area contributed by atoms with E-state index in [0.29, 0.717) is 12.5 Å². The number of likely N-dealkylation sites (N-methyl/N-ethyl adjacent to an activating group) is 1. The number of halogens is 1. The molecule has 3 nitrogen and oxygen atoms in total. The molecule has 2 unspecified atom stereocenters. The maximum absolute atomic E-state index is 11.6. The third-order valence-corrected chi connectivity index (χ3v) is 5.16. The van der Waals surface area contributed by atoms with Crippen LogP contribution >= 0.6 is 15.9 Å². The van der Waals surface area contributed by atoms with Crippen LogP contribution in [0.1, 0.15) is 30.4 Å². The lowest BCUT2D eigenvalue weighted by molar-refractivity contribution is -0.109. The Hall–Kier alpha value is -1.65. The van der Waals surface area contributed by atoms with Crippen molar-refractivity contribution in [3.8, 4) is 5.75 Å². The van der Waals surface area contributed by atoms with Gasteiger partial charge < -0.3 is 14.4 Å². The van der Waals surface area contributed by atoms with Crippen molar-refractivity contribution in [1.29, 1.82) is 0 Å². The van der Waals surface area contributed by atoms with Crippen molar-refractivity contribution < 1.29 is 9.53 Å². The highest BCUT2D eigenvalue weighted by Crippen LogP contribution is 2.29. The van der Waals surface area contributed by atoms with Gasteiger partial charge in [0, 0.05) is 16.9 Å². The summed E-state index contributed by atoms with van der Waals surface area (Å²) in [6.45, 7) is 3.80. The van der Waals surface area contributed by atoms with Crippen molar-refractivity contribution >= 4 is 22.2 Å². The van der Waals surface area contributed by atoms with Crippen LogP contribution in [0.15, 0.2) is 53.0 Å². The van der Waals surface area contributed by atoms with E-state index >= 15 is 0 Å². The van der Waals surface area contributed by atoms with Gasteiger partial charge in [-0.05, 0) is 62.2 Å². The Balaban J connectivity index is 1.89. The van der Waals surface area contributed by atoms with Crippen LogP contribution in [0.4, 0.5) is 0 Å². The molecular formula is C22H28BrNO2. The Labute approximate surface area is 165 Å². The first kappa shape index (κ1) is 20.7. The lowest BCUT2D eigenvalue weighted by Crippen LogP contribution is -2.19. The summed E-state index contributed by atoms with van der Waals surface area (Å²) >= 11 is 3.56. The number of aldehydes is 1. The molecule has 0 aliphatic rings. The first-order valence-corrected chi connectivity index (χ1v) is 9.85. The molecule has 2 atom stereocenters. The summed E-state index contributed by atoms with van der Waals surface area (Å²) in [6, 6.07) is 16.3. The molecule has 2 aromatic carbocycles. The SMILES string of the molecule is CC(Cc1ccc(OCCN(C)C)cc1)CC(C=O)c1ccccc1Br. The Morgan fingerprint density at radius 2 is 1.81 bits per heavy atom. The van der Waals surface area contributed by atoms with E-state index in [0.717, 1.165) is 41.5 Å². The van der Waals surface area contributed by atoms with E-state index in [-0.39, 0.29) is 5.92 Å². The fraction of sp³-hybridized carbons (Fsp3) is 0.409. The maximum atomic E-state index is 11.6. The first-order chi connectivity index (χ1) is 12.5. The number of benzene rings is 2. The van der Waals surface area contributed by atoms with Gasteiger partial charge in [0.15, 0.2) is 0 Å². The Morgan fingerprint density at radius 1 is 1.12 bits per heavy atom. The molecule has 2 rings (SSSR count). The second-order valence-corrected chi connectivity index (χ2v) is 7.96. The van der Waals surface area contributed by atoms with E-state index in [4.69, 9.17) is 4.74 Å². The zero-order valence-electron chi connectivity index (χ0n) is 15.8. The van der Waals surface area contributed by atoms with Crippen LogP contribution in [0.2, 0.25) is 0 Å². The lowest BCUT2D eigenvalue weighted by Gasteiger charge is -2.18. The normalized spacial score (nSPS) is 13.4. The van der Waals surface area contributed by atoms with Gasteiger partial charge in [0.1, 0.15) is 18.6 Å². The van der Waals surface area contributed by atoms with Crippen LogP contribution in [0.5, 0.6) is 5.75 Å². The highest BCUT2D eigenvalue weighted by molar-refractivity contribution is 9.10. The van der Waals surface area contributed by atoms with E-state index in [1.165, 1.54) is 5.56 Å². The minimum absolute atomic E-state index is 0.0748. The van der Waals surface area contributed by atoms with Crippen LogP contribution in [-0.4, -0.2) is 38.4 Å². The van der Waals surface area contributed by atoms with Crippen molar-refractivity contribution in [1.82, 2.24) is 4.90 Å². The Bertz CT molecular complexity index is 685. The van der Waals surface area contributed by atoms with E-state index in [9.17, 15) is 4.79 Å². The molecule has 0 aliphatic heterocycles. The third kappa shape index (κ3) is 6.58. The molecule has 0 saturated heterocycles. The quantitative estimate of drug-likeness (QED) is 0.512. The predicted molar refractivity (Wildman–Crippen MR) is 111 cm³/mol. The molecule has 2 aromatic rings. The molecule has 4 heteroatoms. The minimum Gasteiger partial charge on any atom is -0.492 e. The van der Waals surface area contributed by atoms with Crippen LogP contribution in [0.3, 0.4) is 0 Å². The second-order valence-electron chi connectivity index (χ2n) is 7.10. The molecule has 0 heterocycles. The van der Waals surface area contributed by atoms with Gasteiger partial charge in [-0.25, -0.2) is 0 Å². The highest BCUT2D eigenvalue weighted by Gasteiger charge is 2.17. The maximum Gasteiger partial charge on any atom is 0.127 e. The van der Waals surface area contributed by atoms with Crippen molar-refractivity contribution in [3.63, 3.8) is 0 Å². The third-order valence-electron chi connectivity index (χ3n) is 4.44. The first-order valence-electron chi connectivity index (χ1n) is 9.05. The summed E-state index contributed by atoms with van der Waals surface area (Å²) in [7, 11) is 4.07. The van der Waals surface area contributed by atoms with Gasteiger partial charge in [0.2, 0.25) is 0 Å². The van der Waals surface area contributed by atoms with Crippen molar-refractivity contribution in [2.24, 2.45) is 5.92 Å². The van der Waals surface area contributed by atoms with Crippen LogP contribution in [0.25, 0.3) is 0 Å². The average Bonchev–Trinajstić information content (AvgIpc) is 2.61. The number of ether oxygens (including phenoxy) is 1. The van der Waals surface area contributed by atoms with Crippen LogP contribution < -0.4 is 4.74 Å². The van der Waals surface area contributed by atoms with Gasteiger partial charge in [-0.2, -0.15) is 0 Å². The zero-order valence-corrected chi connectivity index (χ0v) is 17.4. The smallest absolute Gasteiger partial charge is 0.127 e. The number of carbonyl (C=O) groups is 1. The number of hydrogen-bond acceptors (Lipinski definition) is 3. The Kier molecular flexibility index (Phi) is 8.33. The van der Waals surface area contributed by atoms with E-state index in [2.05, 4.69) is 39.9 Å². The largest absolute Gasteiger partial charge is 0.492 e. The lowest BCUT2D eigenvalue weighted by atomic mass is 9.87. The van der Waals surface area contributed by atoms with Gasteiger partial charge >= 0.3 is 0 Å². The summed E-state index contributed by atoms with van der Waals surface area (Å²) < 4.78 is 6.74. The molecule has 140 valence electrons. The average molecular weight is 418 g/mol. The molecule has 0 spiro atoms. The summed E-state index contributed by atoms with van der Waals surface area (Å²) in [5.74, 6) is 1.24. The predicted octanol–water partition coefficient (Wildman–Crippen LogP) is 4.94. The summed E-state index contributed by atoms with van der Waals surface area (Å²) in [6.07, 6.45) is 2.86. The van der Waals surface area contributed by atoms with Gasteiger partial charge in [0.05, 0.1) is 0 Å². The molecule has 0 saturated carbocycles. The van der Waals surface area contributed by atoms with Crippen molar-refractivity contribution in [3.05, 3.63) is 64.1 Å². The molecule has 0 bridgehead atoms. The fourth-order valence-electron chi connectivity index (χ4n) is 3.02. The molecule has 0 aromatic heterocycles. The van der Waals surface area contributed by atoms with Crippen molar-refractivity contribution in [2.75, 3.05) is 27.2 Å². The highest BCUT2D eigenvalue weighted by atomic mass is 79.9. The molecule has 0 N–H and O–H groups in total. The summed E-state index contributed by atoms with van der Waals surface area (Å²) in [5, 5.41) is 0. The molecular weight excluding hydrogens is 390 g/mol. The fourth-order valence-corrected chi connectivity index (χ4v) is 3.60. The number of nitrogens with zero attached hydrogens (tertiary/aromatic N) is 1. The van der Waals surface area contributed by atoms with E-state index in [1.807, 2.05) is 50.5 Å². The summed E-state index contributed by atoms with van der Waals surface area (Å²) in [5.41, 5.74) is 2.34. The van der Waals surface area contributed by atoms with Gasteiger partial charge in [-0.1, -0.05) is 53.2 Å². The van der Waals surface area contributed by atoms with Gasteiger partial charge in [-0.3, -0.25) is 0 Å². The van der Waals surface area contributed by atoms with Gasteiger partial charge in [-0.15, -0.1) is 0 Å². The van der Waals surface area contributed by atoms with Gasteiger partial charge in [0.25, 0.3) is 0 Å². The number of carbonyl (C=O) groups excluding carboxylic acids is 1. The number of hydrogen-bond donors (Lipinski definition) is 0. The van der Waals surface area contributed by atoms with Crippen molar-refractivity contribution in [2.45, 2.75) is 25.7 Å². The van der Waals surface area contributed by atoms with Crippen LogP contribution in [-0.2, 0) is 11.2 Å². The summed E-state index contributed by atoms with van der Waals surface area (Å²) in [4.78, 5) is 13.7. The second kappa shape index (κ2) is 10.5. The van der Waals surface area contributed by atoms with Crippen LogP contribution in [0, 0.1) is 5.92 Å². The standard InChI is InChI=1S/C22H28BrNO2/c1-17(15-19(16-25)21-6-4-5-7-22(21)23)14-18-8-10-20(11-9-18)26-13-12-24(2)3/h4-11,16-17,19H,12-15H2,1-3H3. The van der Waals surface area contributed by atoms with E-state index in [1.54, 1.807) is 0 Å². The Morgan fingerprint density at radius 3 is 2.42 bits per heavy atom. The minimum atomic E-state index is -0.0748. The van der Waals surface area contributed by atoms with E-state index < -0.39 is 0 Å². The molecule has 0 radical (unpaired) electrons. The molecule has 0 amide bonds. The molecule has 0 aliphatic carbocycles. The molecule has 0 fully saturated rings. The zero-order chi connectivity index (χ0) is 18.9. The monoisotopic (exact) mass is 417 g/mol. The molecule has 26 heavy (non-hydrogen) atoms. The topological polar surface area (TPSA) is 29.5 Å².